The largest absolute Gasteiger partial charge is 0.350 e. The molecule has 0 amide bonds. The van der Waals surface area contributed by atoms with Crippen LogP contribution in [0.15, 0.2) is 53.6 Å². The van der Waals surface area contributed by atoms with Crippen molar-refractivity contribution in [1.29, 1.82) is 0 Å². The Morgan fingerprint density at radius 2 is 1.70 bits per heavy atom. The van der Waals surface area contributed by atoms with Crippen molar-refractivity contribution in [1.82, 2.24) is 15.0 Å². The summed E-state index contributed by atoms with van der Waals surface area (Å²) in [5.74, 6) is 1.38. The highest BCUT2D eigenvalue weighted by molar-refractivity contribution is 6.36. The van der Waals surface area contributed by atoms with Crippen LogP contribution in [-0.4, -0.2) is 34.3 Å². The minimum absolute atomic E-state index is 0.337. The molecule has 0 bridgehead atoms. The van der Waals surface area contributed by atoms with Gasteiger partial charge in [-0.3, -0.25) is 0 Å². The number of nitrogens with one attached hydrogen (secondary N) is 2. The molecule has 0 fully saturated rings. The van der Waals surface area contributed by atoms with Crippen LogP contribution in [-0.2, 0) is 6.54 Å². The van der Waals surface area contributed by atoms with Crippen LogP contribution in [0.25, 0.3) is 0 Å². The number of benzene rings is 2. The third kappa shape index (κ3) is 6.05. The molecule has 156 valence electrons. The van der Waals surface area contributed by atoms with E-state index in [0.717, 1.165) is 24.2 Å². The predicted octanol–water partition coefficient (Wildman–Crippen LogP) is 5.08. The van der Waals surface area contributed by atoms with Crippen molar-refractivity contribution in [2.24, 2.45) is 5.10 Å². The fraction of sp³-hybridized carbons (Fsp3) is 0.238. The SMILES string of the molecule is CCN(CC)c1nc(NCc2ccccc2)nc(N/N=C/c2ccc(Cl)cc2Cl)n1. The standard InChI is InChI=1S/C21H23Cl2N7/c1-3-30(4-2)21-27-19(24-13-15-8-6-5-7-9-15)26-20(28-21)29-25-14-16-10-11-17(22)12-18(16)23/h5-12,14H,3-4,13H2,1-2H3,(H2,24,26,27,28,29)/b25-14+. The minimum atomic E-state index is 0.337. The summed E-state index contributed by atoms with van der Waals surface area (Å²) < 4.78 is 0. The molecule has 0 aliphatic rings. The number of hydrogen-bond donors (Lipinski definition) is 2. The fourth-order valence-corrected chi connectivity index (χ4v) is 3.14. The summed E-state index contributed by atoms with van der Waals surface area (Å²) in [7, 11) is 0. The number of rotatable bonds is 9. The van der Waals surface area contributed by atoms with Crippen molar-refractivity contribution in [3.05, 3.63) is 69.7 Å². The molecule has 1 heterocycles. The normalized spacial score (nSPS) is 10.9. The van der Waals surface area contributed by atoms with Gasteiger partial charge >= 0.3 is 0 Å². The van der Waals surface area contributed by atoms with Crippen LogP contribution < -0.4 is 15.6 Å². The second-order valence-corrected chi connectivity index (χ2v) is 7.17. The first-order chi connectivity index (χ1) is 14.6. The number of anilines is 3. The number of halogens is 2. The molecular weight excluding hydrogens is 421 g/mol. The molecule has 0 saturated heterocycles. The zero-order valence-corrected chi connectivity index (χ0v) is 18.3. The van der Waals surface area contributed by atoms with Crippen LogP contribution in [0.2, 0.25) is 10.0 Å². The van der Waals surface area contributed by atoms with E-state index in [1.165, 1.54) is 0 Å². The smallest absolute Gasteiger partial charge is 0.250 e. The molecule has 3 rings (SSSR count). The van der Waals surface area contributed by atoms with Crippen LogP contribution in [0.5, 0.6) is 0 Å². The minimum Gasteiger partial charge on any atom is -0.350 e. The Labute approximate surface area is 186 Å². The molecule has 0 aliphatic carbocycles. The molecule has 7 nitrogen and oxygen atoms in total. The van der Waals surface area contributed by atoms with E-state index >= 15 is 0 Å². The van der Waals surface area contributed by atoms with Gasteiger partial charge in [0.05, 0.1) is 11.2 Å². The van der Waals surface area contributed by atoms with Gasteiger partial charge in [-0.05, 0) is 31.5 Å². The van der Waals surface area contributed by atoms with Crippen molar-refractivity contribution < 1.29 is 0 Å². The lowest BCUT2D eigenvalue weighted by molar-refractivity contribution is 0.812. The van der Waals surface area contributed by atoms with Gasteiger partial charge in [0.1, 0.15) is 0 Å². The maximum Gasteiger partial charge on any atom is 0.250 e. The van der Waals surface area contributed by atoms with E-state index in [2.05, 4.69) is 44.6 Å². The Balaban J connectivity index is 1.79. The second-order valence-electron chi connectivity index (χ2n) is 6.33. The molecule has 0 saturated carbocycles. The van der Waals surface area contributed by atoms with Gasteiger partial charge in [-0.2, -0.15) is 20.1 Å². The van der Waals surface area contributed by atoms with E-state index in [9.17, 15) is 0 Å². The molecule has 0 aliphatic heterocycles. The van der Waals surface area contributed by atoms with E-state index in [1.807, 2.05) is 35.2 Å². The Bertz CT molecular complexity index is 992. The second kappa shape index (κ2) is 10.8. The Kier molecular flexibility index (Phi) is 7.82. The molecule has 0 atom stereocenters. The van der Waals surface area contributed by atoms with Crippen molar-refractivity contribution in [2.45, 2.75) is 20.4 Å². The lowest BCUT2D eigenvalue weighted by atomic mass is 10.2. The lowest BCUT2D eigenvalue weighted by Gasteiger charge is -2.19. The van der Waals surface area contributed by atoms with Crippen LogP contribution in [0.4, 0.5) is 17.8 Å². The molecule has 0 radical (unpaired) electrons. The van der Waals surface area contributed by atoms with E-state index < -0.39 is 0 Å². The zero-order valence-electron chi connectivity index (χ0n) is 16.8. The van der Waals surface area contributed by atoms with Crippen molar-refractivity contribution in [3.8, 4) is 0 Å². The van der Waals surface area contributed by atoms with Gasteiger partial charge in [-0.25, -0.2) is 5.43 Å². The molecule has 3 aromatic rings. The van der Waals surface area contributed by atoms with E-state index in [0.29, 0.717) is 34.4 Å². The fourth-order valence-electron chi connectivity index (χ4n) is 2.68. The van der Waals surface area contributed by atoms with Gasteiger partial charge < -0.3 is 10.2 Å². The highest BCUT2D eigenvalue weighted by Gasteiger charge is 2.11. The van der Waals surface area contributed by atoms with E-state index in [-0.39, 0.29) is 0 Å². The molecular formula is C21H23Cl2N7. The van der Waals surface area contributed by atoms with Gasteiger partial charge in [0.25, 0.3) is 0 Å². The van der Waals surface area contributed by atoms with Crippen molar-refractivity contribution >= 4 is 47.3 Å². The van der Waals surface area contributed by atoms with Crippen LogP contribution in [0, 0.1) is 0 Å². The van der Waals surface area contributed by atoms with Crippen LogP contribution in [0.1, 0.15) is 25.0 Å². The maximum absolute atomic E-state index is 6.18. The molecule has 1 aromatic heterocycles. The number of hydrogen-bond acceptors (Lipinski definition) is 7. The van der Waals surface area contributed by atoms with Crippen LogP contribution in [0.3, 0.4) is 0 Å². The lowest BCUT2D eigenvalue weighted by Crippen LogP contribution is -2.25. The molecule has 9 heteroatoms. The van der Waals surface area contributed by atoms with Gasteiger partial charge in [-0.15, -0.1) is 0 Å². The third-order valence-corrected chi connectivity index (χ3v) is 4.86. The highest BCUT2D eigenvalue weighted by atomic mass is 35.5. The molecule has 0 unspecified atom stereocenters. The molecule has 2 N–H and O–H groups in total. The van der Waals surface area contributed by atoms with Gasteiger partial charge in [0.2, 0.25) is 17.8 Å². The summed E-state index contributed by atoms with van der Waals surface area (Å²) in [5.41, 5.74) is 4.73. The first-order valence-electron chi connectivity index (χ1n) is 9.62. The van der Waals surface area contributed by atoms with Gasteiger partial charge in [0, 0.05) is 30.2 Å². The zero-order chi connectivity index (χ0) is 21.3. The predicted molar refractivity (Wildman–Crippen MR) is 125 cm³/mol. The number of nitrogens with zero attached hydrogens (tertiary/aromatic N) is 5. The van der Waals surface area contributed by atoms with E-state index in [1.54, 1.807) is 24.4 Å². The average molecular weight is 444 g/mol. The Hall–Kier alpha value is -2.90. The summed E-state index contributed by atoms with van der Waals surface area (Å²) in [4.78, 5) is 15.5. The topological polar surface area (TPSA) is 78.3 Å². The molecule has 2 aromatic carbocycles. The molecule has 0 spiro atoms. The van der Waals surface area contributed by atoms with Crippen molar-refractivity contribution in [2.75, 3.05) is 28.7 Å². The quantitative estimate of drug-likeness (QED) is 0.354. The number of hydrazone groups is 1. The maximum atomic E-state index is 6.18. The molecule has 30 heavy (non-hydrogen) atoms. The number of aromatic nitrogens is 3. The summed E-state index contributed by atoms with van der Waals surface area (Å²) in [6.45, 7) is 6.27. The first kappa shape index (κ1) is 21.8. The highest BCUT2D eigenvalue weighted by Crippen LogP contribution is 2.19. The summed E-state index contributed by atoms with van der Waals surface area (Å²) in [6.07, 6.45) is 1.59. The summed E-state index contributed by atoms with van der Waals surface area (Å²) in [5, 5.41) is 8.55. The Morgan fingerprint density at radius 1 is 0.967 bits per heavy atom. The Morgan fingerprint density at radius 3 is 2.40 bits per heavy atom. The summed E-state index contributed by atoms with van der Waals surface area (Å²) >= 11 is 12.1. The van der Waals surface area contributed by atoms with Gasteiger partial charge in [0.15, 0.2) is 0 Å². The van der Waals surface area contributed by atoms with Crippen molar-refractivity contribution in [3.63, 3.8) is 0 Å². The van der Waals surface area contributed by atoms with E-state index in [4.69, 9.17) is 23.2 Å². The van der Waals surface area contributed by atoms with Crippen LogP contribution >= 0.6 is 23.2 Å². The third-order valence-electron chi connectivity index (χ3n) is 4.29. The summed E-state index contributed by atoms with van der Waals surface area (Å²) in [6, 6.07) is 15.3. The monoisotopic (exact) mass is 443 g/mol. The van der Waals surface area contributed by atoms with Gasteiger partial charge in [-0.1, -0.05) is 59.6 Å². The average Bonchev–Trinajstić information content (AvgIpc) is 2.75. The first-order valence-corrected chi connectivity index (χ1v) is 10.4.